The molecule has 1 aromatic heterocycles. The summed E-state index contributed by atoms with van der Waals surface area (Å²) in [6.45, 7) is 0.929. The van der Waals surface area contributed by atoms with Gasteiger partial charge in [0.1, 0.15) is 15.8 Å². The van der Waals surface area contributed by atoms with Gasteiger partial charge in [-0.05, 0) is 41.5 Å². The highest BCUT2D eigenvalue weighted by Gasteiger charge is 2.15. The van der Waals surface area contributed by atoms with Crippen molar-refractivity contribution in [1.29, 1.82) is 0 Å². The summed E-state index contributed by atoms with van der Waals surface area (Å²) in [5.41, 5.74) is 1.18. The van der Waals surface area contributed by atoms with Crippen molar-refractivity contribution in [3.8, 4) is 0 Å². The summed E-state index contributed by atoms with van der Waals surface area (Å²) in [4.78, 5) is 0.865. The molecular formula is C19H20INOS. The van der Waals surface area contributed by atoms with Gasteiger partial charge in [0, 0.05) is 22.3 Å². The van der Waals surface area contributed by atoms with E-state index in [0.29, 0.717) is 0 Å². The maximum Gasteiger partial charge on any atom is 0.112 e. The van der Waals surface area contributed by atoms with Crippen molar-refractivity contribution in [3.05, 3.63) is 60.7 Å². The zero-order valence-corrected chi connectivity index (χ0v) is 15.9. The summed E-state index contributed by atoms with van der Waals surface area (Å²) in [7, 11) is -1.14. The molecule has 1 heterocycles. The number of hydrogen-bond donors (Lipinski definition) is 0. The van der Waals surface area contributed by atoms with Crippen molar-refractivity contribution < 1.29 is 4.21 Å². The predicted molar refractivity (Wildman–Crippen MR) is 106 cm³/mol. The summed E-state index contributed by atoms with van der Waals surface area (Å²) in [6.07, 6.45) is 3.59. The second kappa shape index (κ2) is 8.11. The molecule has 23 heavy (non-hydrogen) atoms. The highest BCUT2D eigenvalue weighted by atomic mass is 127. The van der Waals surface area contributed by atoms with Crippen LogP contribution in [0, 0.1) is 0 Å². The van der Waals surface area contributed by atoms with Gasteiger partial charge in [-0.1, -0.05) is 65.4 Å². The molecule has 1 atom stereocenters. The SMILES string of the molecule is O=S(c1ccccc1)c1cc2ccccc2n1CCCCCI. The van der Waals surface area contributed by atoms with Gasteiger partial charge in [0.05, 0.1) is 0 Å². The van der Waals surface area contributed by atoms with Gasteiger partial charge in [-0.25, -0.2) is 4.21 Å². The van der Waals surface area contributed by atoms with Gasteiger partial charge < -0.3 is 4.57 Å². The minimum Gasteiger partial charge on any atom is -0.333 e. The van der Waals surface area contributed by atoms with E-state index in [1.807, 2.05) is 36.4 Å². The molecule has 0 aliphatic carbocycles. The van der Waals surface area contributed by atoms with E-state index in [1.165, 1.54) is 28.2 Å². The quantitative estimate of drug-likeness (QED) is 0.275. The fourth-order valence-corrected chi connectivity index (χ4v) is 4.58. The van der Waals surface area contributed by atoms with Crippen LogP contribution in [0.4, 0.5) is 0 Å². The molecule has 1 unspecified atom stereocenters. The molecule has 0 spiro atoms. The summed E-state index contributed by atoms with van der Waals surface area (Å²) >= 11 is 2.42. The van der Waals surface area contributed by atoms with Crippen LogP contribution in [0.1, 0.15) is 19.3 Å². The minimum absolute atomic E-state index is 0.865. The standard InChI is InChI=1S/C19H20INOS/c20-13-7-2-8-14-21-18-12-6-5-9-16(18)15-19(21)23(22)17-10-3-1-4-11-17/h1,3-6,9-12,15H,2,7-8,13-14H2. The van der Waals surface area contributed by atoms with Crippen molar-refractivity contribution >= 4 is 44.3 Å². The number of hydrogen-bond acceptors (Lipinski definition) is 1. The van der Waals surface area contributed by atoms with E-state index in [2.05, 4.69) is 51.4 Å². The van der Waals surface area contributed by atoms with E-state index in [9.17, 15) is 4.21 Å². The lowest BCUT2D eigenvalue weighted by molar-refractivity contribution is 0.584. The number of halogens is 1. The largest absolute Gasteiger partial charge is 0.333 e. The molecule has 0 amide bonds. The molecule has 4 heteroatoms. The third kappa shape index (κ3) is 3.86. The lowest BCUT2D eigenvalue weighted by Gasteiger charge is -2.10. The van der Waals surface area contributed by atoms with Crippen LogP contribution in [0.3, 0.4) is 0 Å². The first-order valence-electron chi connectivity index (χ1n) is 7.92. The molecule has 0 aliphatic rings. The van der Waals surface area contributed by atoms with Crippen LogP contribution >= 0.6 is 22.6 Å². The molecule has 0 N–H and O–H groups in total. The van der Waals surface area contributed by atoms with E-state index in [1.54, 1.807) is 0 Å². The average molecular weight is 437 g/mol. The second-order valence-corrected chi connectivity index (χ2v) is 8.03. The Balaban J connectivity index is 1.96. The number of nitrogens with zero attached hydrogens (tertiary/aromatic N) is 1. The summed E-state index contributed by atoms with van der Waals surface area (Å²) in [5.74, 6) is 0. The van der Waals surface area contributed by atoms with Crippen molar-refractivity contribution in [2.75, 3.05) is 4.43 Å². The van der Waals surface area contributed by atoms with Crippen LogP contribution in [0.5, 0.6) is 0 Å². The highest BCUT2D eigenvalue weighted by Crippen LogP contribution is 2.26. The van der Waals surface area contributed by atoms with Gasteiger partial charge in [-0.2, -0.15) is 0 Å². The number of benzene rings is 2. The molecule has 0 saturated heterocycles. The molecular weight excluding hydrogens is 417 g/mol. The van der Waals surface area contributed by atoms with Gasteiger partial charge >= 0.3 is 0 Å². The van der Waals surface area contributed by atoms with E-state index in [-0.39, 0.29) is 0 Å². The monoisotopic (exact) mass is 437 g/mol. The Morgan fingerprint density at radius 2 is 1.65 bits per heavy atom. The minimum atomic E-state index is -1.14. The van der Waals surface area contributed by atoms with Crippen LogP contribution in [-0.4, -0.2) is 13.2 Å². The third-order valence-electron chi connectivity index (χ3n) is 3.94. The number of rotatable bonds is 7. The van der Waals surface area contributed by atoms with Gasteiger partial charge in [0.15, 0.2) is 0 Å². The lowest BCUT2D eigenvalue weighted by atomic mass is 10.2. The van der Waals surface area contributed by atoms with Crippen LogP contribution < -0.4 is 0 Å². The molecule has 0 aliphatic heterocycles. The molecule has 0 bridgehead atoms. The number of alkyl halides is 1. The fraction of sp³-hybridized carbons (Fsp3) is 0.263. The number of para-hydroxylation sites is 1. The first kappa shape index (κ1) is 16.7. The van der Waals surface area contributed by atoms with Crippen LogP contribution in [-0.2, 0) is 17.3 Å². The van der Waals surface area contributed by atoms with Gasteiger partial charge in [0.25, 0.3) is 0 Å². The fourth-order valence-electron chi connectivity index (χ4n) is 2.78. The van der Waals surface area contributed by atoms with E-state index in [4.69, 9.17) is 0 Å². The summed E-state index contributed by atoms with van der Waals surface area (Å²) in [6, 6.07) is 20.1. The highest BCUT2D eigenvalue weighted by molar-refractivity contribution is 14.1. The topological polar surface area (TPSA) is 22.0 Å². The van der Waals surface area contributed by atoms with Crippen LogP contribution in [0.25, 0.3) is 10.9 Å². The van der Waals surface area contributed by atoms with Crippen molar-refractivity contribution in [3.63, 3.8) is 0 Å². The molecule has 120 valence electrons. The Morgan fingerprint density at radius 3 is 2.43 bits per heavy atom. The number of fused-ring (bicyclic) bond motifs is 1. The Bertz CT molecular complexity index is 797. The molecule has 0 fully saturated rings. The molecule has 2 aromatic carbocycles. The predicted octanol–water partition coefficient (Wildman–Crippen LogP) is 5.41. The average Bonchev–Trinajstić information content (AvgIpc) is 2.97. The Morgan fingerprint density at radius 1 is 0.913 bits per heavy atom. The number of aryl methyl sites for hydroxylation is 1. The van der Waals surface area contributed by atoms with E-state index >= 15 is 0 Å². The molecule has 0 saturated carbocycles. The molecule has 3 rings (SSSR count). The second-order valence-electron chi connectivity index (χ2n) is 5.52. The Hall–Kier alpha value is -1.14. The van der Waals surface area contributed by atoms with Crippen molar-refractivity contribution in [1.82, 2.24) is 4.57 Å². The van der Waals surface area contributed by atoms with Gasteiger partial charge in [-0.15, -0.1) is 0 Å². The van der Waals surface area contributed by atoms with Crippen molar-refractivity contribution in [2.45, 2.75) is 35.7 Å². The van der Waals surface area contributed by atoms with Crippen molar-refractivity contribution in [2.24, 2.45) is 0 Å². The Labute approximate surface area is 153 Å². The van der Waals surface area contributed by atoms with E-state index in [0.717, 1.165) is 22.9 Å². The molecule has 3 aromatic rings. The zero-order chi connectivity index (χ0) is 16.1. The molecule has 2 nitrogen and oxygen atoms in total. The molecule has 0 radical (unpaired) electrons. The third-order valence-corrected chi connectivity index (χ3v) is 6.12. The van der Waals surface area contributed by atoms with Gasteiger partial charge in [0.2, 0.25) is 0 Å². The first-order chi connectivity index (χ1) is 11.3. The lowest BCUT2D eigenvalue weighted by Crippen LogP contribution is -2.05. The first-order valence-corrected chi connectivity index (χ1v) is 10.6. The van der Waals surface area contributed by atoms with E-state index < -0.39 is 10.8 Å². The van der Waals surface area contributed by atoms with Gasteiger partial charge in [-0.3, -0.25) is 0 Å². The van der Waals surface area contributed by atoms with Crippen LogP contribution in [0.2, 0.25) is 0 Å². The zero-order valence-electron chi connectivity index (χ0n) is 13.0. The normalized spacial score (nSPS) is 12.6. The summed E-state index contributed by atoms with van der Waals surface area (Å²) < 4.78 is 16.5. The Kier molecular flexibility index (Phi) is 5.89. The number of unbranched alkanes of at least 4 members (excludes halogenated alkanes) is 2. The summed E-state index contributed by atoms with van der Waals surface area (Å²) in [5, 5.41) is 2.08. The maximum absolute atomic E-state index is 13.0. The smallest absolute Gasteiger partial charge is 0.112 e. The van der Waals surface area contributed by atoms with Crippen LogP contribution in [0.15, 0.2) is 70.6 Å². The number of aromatic nitrogens is 1. The maximum atomic E-state index is 13.0.